The van der Waals surface area contributed by atoms with E-state index >= 15 is 0 Å². The molecule has 1 aromatic heterocycles. The standard InChI is InChI=1S/C11H18N2OS/c1-7(2)10(12)11(14)13-8(3)9-5-4-6-15-9/h4-8,10H,12H2,1-3H3,(H,13,14)/t8-,10-/m0/s1. The number of carbonyl (C=O) groups is 1. The molecule has 4 heteroatoms. The summed E-state index contributed by atoms with van der Waals surface area (Å²) in [5.74, 6) is 0.0893. The maximum atomic E-state index is 11.7. The van der Waals surface area contributed by atoms with Crippen molar-refractivity contribution in [3.8, 4) is 0 Å². The monoisotopic (exact) mass is 226 g/mol. The molecule has 1 rings (SSSR count). The second-order valence-corrected chi connectivity index (χ2v) is 4.99. The Morgan fingerprint density at radius 3 is 2.60 bits per heavy atom. The van der Waals surface area contributed by atoms with Crippen molar-refractivity contribution < 1.29 is 4.79 Å². The minimum absolute atomic E-state index is 0.0438. The quantitative estimate of drug-likeness (QED) is 0.824. The fraction of sp³-hybridized carbons (Fsp3) is 0.545. The topological polar surface area (TPSA) is 55.1 Å². The van der Waals surface area contributed by atoms with E-state index in [0.717, 1.165) is 4.88 Å². The highest BCUT2D eigenvalue weighted by atomic mass is 32.1. The SMILES string of the molecule is CC(C)[C@H](N)C(=O)N[C@@H](C)c1cccs1. The molecule has 0 saturated carbocycles. The molecule has 3 nitrogen and oxygen atoms in total. The lowest BCUT2D eigenvalue weighted by Crippen LogP contribution is -2.44. The van der Waals surface area contributed by atoms with E-state index < -0.39 is 6.04 Å². The van der Waals surface area contributed by atoms with Crippen molar-refractivity contribution in [2.75, 3.05) is 0 Å². The minimum atomic E-state index is -0.424. The molecule has 0 bridgehead atoms. The molecule has 0 aromatic carbocycles. The van der Waals surface area contributed by atoms with Crippen molar-refractivity contribution in [2.24, 2.45) is 11.7 Å². The third kappa shape index (κ3) is 3.32. The van der Waals surface area contributed by atoms with Crippen molar-refractivity contribution in [1.82, 2.24) is 5.32 Å². The maximum absolute atomic E-state index is 11.7. The number of nitrogens with one attached hydrogen (secondary N) is 1. The van der Waals surface area contributed by atoms with E-state index in [-0.39, 0.29) is 17.9 Å². The van der Waals surface area contributed by atoms with Gasteiger partial charge < -0.3 is 11.1 Å². The first-order valence-electron chi connectivity index (χ1n) is 5.11. The summed E-state index contributed by atoms with van der Waals surface area (Å²) >= 11 is 1.64. The summed E-state index contributed by atoms with van der Waals surface area (Å²) in [7, 11) is 0. The molecule has 2 atom stereocenters. The maximum Gasteiger partial charge on any atom is 0.237 e. The largest absolute Gasteiger partial charge is 0.347 e. The van der Waals surface area contributed by atoms with Crippen LogP contribution in [-0.4, -0.2) is 11.9 Å². The van der Waals surface area contributed by atoms with Crippen molar-refractivity contribution in [2.45, 2.75) is 32.9 Å². The number of hydrogen-bond acceptors (Lipinski definition) is 3. The van der Waals surface area contributed by atoms with Gasteiger partial charge in [0.1, 0.15) is 0 Å². The average molecular weight is 226 g/mol. The lowest BCUT2D eigenvalue weighted by Gasteiger charge is -2.18. The highest BCUT2D eigenvalue weighted by molar-refractivity contribution is 7.10. The highest BCUT2D eigenvalue weighted by Crippen LogP contribution is 2.18. The van der Waals surface area contributed by atoms with Gasteiger partial charge in [-0.1, -0.05) is 19.9 Å². The van der Waals surface area contributed by atoms with Gasteiger partial charge in [-0.2, -0.15) is 0 Å². The van der Waals surface area contributed by atoms with Crippen molar-refractivity contribution in [3.63, 3.8) is 0 Å². The Hall–Kier alpha value is -0.870. The fourth-order valence-corrected chi connectivity index (χ4v) is 1.96. The lowest BCUT2D eigenvalue weighted by atomic mass is 10.0. The third-order valence-electron chi connectivity index (χ3n) is 2.35. The Balaban J connectivity index is 2.52. The van der Waals surface area contributed by atoms with Crippen LogP contribution in [0.1, 0.15) is 31.7 Å². The van der Waals surface area contributed by atoms with Crippen molar-refractivity contribution in [1.29, 1.82) is 0 Å². The first kappa shape index (κ1) is 12.2. The fourth-order valence-electron chi connectivity index (χ4n) is 1.22. The summed E-state index contributed by atoms with van der Waals surface area (Å²) in [5.41, 5.74) is 5.75. The molecule has 0 aliphatic carbocycles. The number of rotatable bonds is 4. The number of nitrogens with two attached hydrogens (primary N) is 1. The second kappa shape index (κ2) is 5.28. The van der Waals surface area contributed by atoms with Crippen LogP contribution in [0.25, 0.3) is 0 Å². The van der Waals surface area contributed by atoms with E-state index in [9.17, 15) is 4.79 Å². The molecule has 1 aromatic rings. The molecule has 0 saturated heterocycles. The van der Waals surface area contributed by atoms with Gasteiger partial charge in [-0.3, -0.25) is 4.79 Å². The summed E-state index contributed by atoms with van der Waals surface area (Å²) < 4.78 is 0. The van der Waals surface area contributed by atoms with E-state index in [4.69, 9.17) is 5.73 Å². The zero-order valence-electron chi connectivity index (χ0n) is 9.36. The van der Waals surface area contributed by atoms with Gasteiger partial charge in [-0.15, -0.1) is 11.3 Å². The summed E-state index contributed by atoms with van der Waals surface area (Å²) in [5, 5.41) is 4.91. The van der Waals surface area contributed by atoms with Crippen LogP contribution in [0.2, 0.25) is 0 Å². The van der Waals surface area contributed by atoms with E-state index in [2.05, 4.69) is 5.32 Å². The predicted octanol–water partition coefficient (Wildman–Crippen LogP) is 1.91. The van der Waals surface area contributed by atoms with Crippen LogP contribution in [0.5, 0.6) is 0 Å². The van der Waals surface area contributed by atoms with E-state index in [0.29, 0.717) is 0 Å². The van der Waals surface area contributed by atoms with Crippen molar-refractivity contribution in [3.05, 3.63) is 22.4 Å². The van der Waals surface area contributed by atoms with Gasteiger partial charge in [-0.25, -0.2) is 0 Å². The zero-order chi connectivity index (χ0) is 11.4. The van der Waals surface area contributed by atoms with Gasteiger partial charge in [0, 0.05) is 4.88 Å². The van der Waals surface area contributed by atoms with Crippen LogP contribution in [0.3, 0.4) is 0 Å². The third-order valence-corrected chi connectivity index (χ3v) is 3.40. The normalized spacial score (nSPS) is 15.0. The number of carbonyl (C=O) groups excluding carboxylic acids is 1. The summed E-state index contributed by atoms with van der Waals surface area (Å²) in [4.78, 5) is 12.8. The molecule has 0 aliphatic heterocycles. The van der Waals surface area contributed by atoms with Crippen LogP contribution in [0, 0.1) is 5.92 Å². The predicted molar refractivity (Wildman–Crippen MR) is 63.7 cm³/mol. The summed E-state index contributed by atoms with van der Waals surface area (Å²) in [6, 6.07) is 3.61. The van der Waals surface area contributed by atoms with E-state index in [1.165, 1.54) is 0 Å². The molecule has 1 heterocycles. The summed E-state index contributed by atoms with van der Waals surface area (Å²) in [6.07, 6.45) is 0. The molecule has 84 valence electrons. The smallest absolute Gasteiger partial charge is 0.237 e. The second-order valence-electron chi connectivity index (χ2n) is 4.02. The van der Waals surface area contributed by atoms with E-state index in [1.807, 2.05) is 38.3 Å². The van der Waals surface area contributed by atoms with Crippen LogP contribution >= 0.6 is 11.3 Å². The number of hydrogen-bond donors (Lipinski definition) is 2. The number of amides is 1. The first-order chi connectivity index (χ1) is 7.02. The highest BCUT2D eigenvalue weighted by Gasteiger charge is 2.19. The van der Waals surface area contributed by atoms with Gasteiger partial charge >= 0.3 is 0 Å². The van der Waals surface area contributed by atoms with Crippen LogP contribution in [0.15, 0.2) is 17.5 Å². The Kier molecular flexibility index (Phi) is 4.29. The molecule has 0 radical (unpaired) electrons. The molecule has 15 heavy (non-hydrogen) atoms. The molecule has 1 amide bonds. The van der Waals surface area contributed by atoms with Crippen LogP contribution < -0.4 is 11.1 Å². The molecule has 0 fully saturated rings. The molecule has 0 aliphatic rings. The Bertz CT molecular complexity index is 308. The molecule has 0 spiro atoms. The first-order valence-corrected chi connectivity index (χ1v) is 5.99. The Labute approximate surface area is 94.7 Å². The summed E-state index contributed by atoms with van der Waals surface area (Å²) in [6.45, 7) is 5.86. The van der Waals surface area contributed by atoms with E-state index in [1.54, 1.807) is 11.3 Å². The van der Waals surface area contributed by atoms with Gasteiger partial charge in [-0.05, 0) is 24.3 Å². The molecule has 3 N–H and O–H groups in total. The Morgan fingerprint density at radius 1 is 1.47 bits per heavy atom. The zero-order valence-corrected chi connectivity index (χ0v) is 10.2. The Morgan fingerprint density at radius 2 is 2.13 bits per heavy atom. The molecule has 0 unspecified atom stereocenters. The minimum Gasteiger partial charge on any atom is -0.347 e. The van der Waals surface area contributed by atoms with Gasteiger partial charge in [0.25, 0.3) is 0 Å². The van der Waals surface area contributed by atoms with Crippen LogP contribution in [-0.2, 0) is 4.79 Å². The van der Waals surface area contributed by atoms with Crippen LogP contribution in [0.4, 0.5) is 0 Å². The average Bonchev–Trinajstić information content (AvgIpc) is 2.68. The van der Waals surface area contributed by atoms with Gasteiger partial charge in [0.2, 0.25) is 5.91 Å². The number of thiophene rings is 1. The lowest BCUT2D eigenvalue weighted by molar-refractivity contribution is -0.123. The van der Waals surface area contributed by atoms with Crippen molar-refractivity contribution >= 4 is 17.2 Å². The molecular formula is C11H18N2OS. The van der Waals surface area contributed by atoms with Gasteiger partial charge in [0.15, 0.2) is 0 Å². The molecular weight excluding hydrogens is 208 g/mol. The van der Waals surface area contributed by atoms with Gasteiger partial charge in [0.05, 0.1) is 12.1 Å².